The van der Waals surface area contributed by atoms with Crippen molar-refractivity contribution in [3.05, 3.63) is 89.5 Å². The summed E-state index contributed by atoms with van der Waals surface area (Å²) in [6.45, 7) is 7.14. The number of carbonyl (C=O) groups is 1. The topological polar surface area (TPSA) is 91.2 Å². The number of nitrogens with zero attached hydrogens (tertiary/aromatic N) is 4. The highest BCUT2D eigenvalue weighted by Gasteiger charge is 2.41. The fourth-order valence-corrected chi connectivity index (χ4v) is 4.55. The van der Waals surface area contributed by atoms with Crippen molar-refractivity contribution < 1.29 is 14.3 Å². The molecule has 8 nitrogen and oxygen atoms in total. The first kappa shape index (κ1) is 23.7. The van der Waals surface area contributed by atoms with Gasteiger partial charge in [-0.05, 0) is 69.0 Å². The van der Waals surface area contributed by atoms with E-state index in [2.05, 4.69) is 20.4 Å². The maximum absolute atomic E-state index is 13.5. The first-order chi connectivity index (χ1) is 17.5. The molecule has 0 aliphatic carbocycles. The molecule has 184 valence electrons. The summed E-state index contributed by atoms with van der Waals surface area (Å²) in [7, 11) is 0. The number of nitrogens with one attached hydrogen (secondary N) is 1. The lowest BCUT2D eigenvalue weighted by molar-refractivity contribution is -0.125. The van der Waals surface area contributed by atoms with Crippen LogP contribution in [0, 0.1) is 20.8 Å². The van der Waals surface area contributed by atoms with Gasteiger partial charge < -0.3 is 14.8 Å². The van der Waals surface area contributed by atoms with Gasteiger partial charge in [0, 0.05) is 30.7 Å². The van der Waals surface area contributed by atoms with E-state index < -0.39 is 5.41 Å². The van der Waals surface area contributed by atoms with Crippen LogP contribution >= 0.6 is 0 Å². The molecule has 0 radical (unpaired) electrons. The van der Waals surface area contributed by atoms with Crippen LogP contribution in [-0.4, -0.2) is 38.9 Å². The van der Waals surface area contributed by atoms with Crippen molar-refractivity contribution in [2.75, 3.05) is 18.5 Å². The largest absolute Gasteiger partial charge is 0.439 e. The molecule has 1 aliphatic rings. The number of anilines is 1. The number of benzene rings is 2. The molecule has 8 heteroatoms. The van der Waals surface area contributed by atoms with E-state index >= 15 is 0 Å². The van der Waals surface area contributed by atoms with Gasteiger partial charge in [-0.2, -0.15) is 5.10 Å². The predicted molar refractivity (Wildman–Crippen MR) is 137 cm³/mol. The molecule has 4 aromatic rings. The summed E-state index contributed by atoms with van der Waals surface area (Å²) in [5.41, 5.74) is 4.23. The van der Waals surface area contributed by atoms with E-state index in [4.69, 9.17) is 9.47 Å². The van der Waals surface area contributed by atoms with Crippen LogP contribution in [0.2, 0.25) is 0 Å². The summed E-state index contributed by atoms with van der Waals surface area (Å²) in [5, 5.41) is 7.66. The highest BCUT2D eigenvalue weighted by molar-refractivity contribution is 5.99. The van der Waals surface area contributed by atoms with Gasteiger partial charge in [-0.15, -0.1) is 0 Å². The molecule has 1 aliphatic heterocycles. The van der Waals surface area contributed by atoms with Gasteiger partial charge in [0.25, 0.3) is 0 Å². The molecule has 1 fully saturated rings. The molecule has 0 saturated carbocycles. The average molecular weight is 484 g/mol. The SMILES string of the molecule is Cc1nn(-c2cc(Oc3ccc(NC(=O)C4(c5ccccc5)CCOCC4)cc3)ncn2)c(C)c1C. The van der Waals surface area contributed by atoms with Gasteiger partial charge in [0.05, 0.1) is 11.1 Å². The highest BCUT2D eigenvalue weighted by atomic mass is 16.5. The van der Waals surface area contributed by atoms with Gasteiger partial charge >= 0.3 is 0 Å². The van der Waals surface area contributed by atoms with Crippen molar-refractivity contribution in [1.29, 1.82) is 0 Å². The van der Waals surface area contributed by atoms with Crippen LogP contribution in [0.3, 0.4) is 0 Å². The quantitative estimate of drug-likeness (QED) is 0.412. The molecule has 5 rings (SSSR count). The highest BCUT2D eigenvalue weighted by Crippen LogP contribution is 2.36. The van der Waals surface area contributed by atoms with E-state index in [0.717, 1.165) is 22.5 Å². The Labute approximate surface area is 210 Å². The van der Waals surface area contributed by atoms with E-state index in [1.807, 2.05) is 75.4 Å². The third-order valence-corrected chi connectivity index (χ3v) is 6.94. The van der Waals surface area contributed by atoms with E-state index in [-0.39, 0.29) is 5.91 Å². The second kappa shape index (κ2) is 9.91. The minimum atomic E-state index is -0.604. The monoisotopic (exact) mass is 483 g/mol. The Morgan fingerprint density at radius 3 is 2.39 bits per heavy atom. The second-order valence-corrected chi connectivity index (χ2v) is 9.06. The molecule has 1 saturated heterocycles. The van der Waals surface area contributed by atoms with Crippen LogP contribution in [0.1, 0.15) is 35.4 Å². The number of aromatic nitrogens is 4. The number of aryl methyl sites for hydroxylation is 1. The van der Waals surface area contributed by atoms with Crippen molar-refractivity contribution in [2.24, 2.45) is 0 Å². The number of rotatable bonds is 6. The molecule has 1 N–H and O–H groups in total. The Morgan fingerprint density at radius 2 is 1.72 bits per heavy atom. The number of hydrogen-bond acceptors (Lipinski definition) is 6. The molecule has 0 bridgehead atoms. The third kappa shape index (κ3) is 4.59. The number of hydrogen-bond donors (Lipinski definition) is 1. The molecule has 0 atom stereocenters. The van der Waals surface area contributed by atoms with Crippen LogP contribution in [0.25, 0.3) is 5.82 Å². The molecular weight excluding hydrogens is 454 g/mol. The van der Waals surface area contributed by atoms with Crippen LogP contribution in [0.5, 0.6) is 11.6 Å². The number of ether oxygens (including phenoxy) is 2. The van der Waals surface area contributed by atoms with Crippen LogP contribution < -0.4 is 10.1 Å². The van der Waals surface area contributed by atoms with E-state index in [1.165, 1.54) is 6.33 Å². The first-order valence-electron chi connectivity index (χ1n) is 12.0. The molecule has 1 amide bonds. The van der Waals surface area contributed by atoms with Crippen LogP contribution in [0.4, 0.5) is 5.69 Å². The normalized spacial score (nSPS) is 14.9. The Kier molecular flexibility index (Phi) is 6.52. The smallest absolute Gasteiger partial charge is 0.235 e. The van der Waals surface area contributed by atoms with Crippen molar-refractivity contribution in [2.45, 2.75) is 39.0 Å². The van der Waals surface area contributed by atoms with Crippen molar-refractivity contribution in [1.82, 2.24) is 19.7 Å². The minimum Gasteiger partial charge on any atom is -0.439 e. The van der Waals surface area contributed by atoms with Crippen molar-refractivity contribution in [3.8, 4) is 17.4 Å². The Bertz CT molecular complexity index is 1360. The number of carbonyl (C=O) groups excluding carboxylic acids is 1. The van der Waals surface area contributed by atoms with Crippen molar-refractivity contribution >= 4 is 11.6 Å². The summed E-state index contributed by atoms with van der Waals surface area (Å²) >= 11 is 0. The first-order valence-corrected chi connectivity index (χ1v) is 12.0. The fourth-order valence-electron chi connectivity index (χ4n) is 4.55. The Morgan fingerprint density at radius 1 is 1.00 bits per heavy atom. The fraction of sp³-hybridized carbons (Fsp3) is 0.286. The third-order valence-electron chi connectivity index (χ3n) is 6.94. The maximum atomic E-state index is 13.5. The van der Waals surface area contributed by atoms with E-state index in [9.17, 15) is 4.79 Å². The summed E-state index contributed by atoms with van der Waals surface area (Å²) in [6, 6.07) is 19.0. The van der Waals surface area contributed by atoms with E-state index in [0.29, 0.717) is 49.2 Å². The van der Waals surface area contributed by atoms with Gasteiger partial charge in [0.15, 0.2) is 5.82 Å². The average Bonchev–Trinajstić information content (AvgIpc) is 3.18. The molecular formula is C28H29N5O3. The van der Waals surface area contributed by atoms with Crippen LogP contribution in [0.15, 0.2) is 67.0 Å². The standard InChI is InChI=1S/C28H29N5O3/c1-19-20(2)32-33(21(19)3)25-17-26(30-18-29-25)36-24-11-9-23(10-12-24)31-27(34)28(13-15-35-16-14-28)22-7-5-4-6-8-22/h4-12,17-18H,13-16H2,1-3H3,(H,31,34). The zero-order chi connectivity index (χ0) is 25.1. The molecule has 2 aromatic heterocycles. The lowest BCUT2D eigenvalue weighted by Gasteiger charge is -2.36. The molecule has 36 heavy (non-hydrogen) atoms. The van der Waals surface area contributed by atoms with Crippen molar-refractivity contribution in [3.63, 3.8) is 0 Å². The van der Waals surface area contributed by atoms with Gasteiger partial charge in [-0.1, -0.05) is 30.3 Å². The lowest BCUT2D eigenvalue weighted by atomic mass is 9.73. The Balaban J connectivity index is 1.30. The molecule has 3 heterocycles. The maximum Gasteiger partial charge on any atom is 0.235 e. The number of amides is 1. The summed E-state index contributed by atoms with van der Waals surface area (Å²) in [4.78, 5) is 22.0. The minimum absolute atomic E-state index is 0.0220. The predicted octanol–water partition coefficient (Wildman–Crippen LogP) is 5.07. The Hall–Kier alpha value is -4.04. The second-order valence-electron chi connectivity index (χ2n) is 9.06. The molecule has 2 aromatic carbocycles. The van der Waals surface area contributed by atoms with Gasteiger partial charge in [0.1, 0.15) is 12.1 Å². The zero-order valence-electron chi connectivity index (χ0n) is 20.7. The summed E-state index contributed by atoms with van der Waals surface area (Å²) in [6.07, 6.45) is 2.76. The summed E-state index contributed by atoms with van der Waals surface area (Å²) < 4.78 is 13.3. The van der Waals surface area contributed by atoms with Gasteiger partial charge in [-0.25, -0.2) is 14.6 Å². The van der Waals surface area contributed by atoms with E-state index in [1.54, 1.807) is 10.7 Å². The lowest BCUT2D eigenvalue weighted by Crippen LogP contribution is -2.44. The molecule has 0 unspecified atom stereocenters. The summed E-state index contributed by atoms with van der Waals surface area (Å²) in [5.74, 6) is 1.63. The van der Waals surface area contributed by atoms with Gasteiger partial charge in [0.2, 0.25) is 11.8 Å². The molecule has 0 spiro atoms. The zero-order valence-corrected chi connectivity index (χ0v) is 20.7. The van der Waals surface area contributed by atoms with Crippen LogP contribution in [-0.2, 0) is 14.9 Å². The van der Waals surface area contributed by atoms with Gasteiger partial charge in [-0.3, -0.25) is 4.79 Å².